The van der Waals surface area contributed by atoms with Gasteiger partial charge < -0.3 is 24.8 Å². The molecule has 0 heterocycles. The summed E-state index contributed by atoms with van der Waals surface area (Å²) in [5, 5.41) is 3.22. The van der Waals surface area contributed by atoms with Crippen molar-refractivity contribution in [2.24, 2.45) is 0 Å². The van der Waals surface area contributed by atoms with Gasteiger partial charge in [-0.3, -0.25) is 0 Å². The minimum Gasteiger partial charge on any atom is -1.00 e. The van der Waals surface area contributed by atoms with E-state index in [0.29, 0.717) is 7.35 Å². The Hall–Kier alpha value is -3.53. The van der Waals surface area contributed by atoms with E-state index in [2.05, 4.69) is 184 Å². The molecule has 6 aromatic carbocycles. The Morgan fingerprint density at radius 3 is 1.15 bits per heavy atom. The summed E-state index contributed by atoms with van der Waals surface area (Å²) in [7, 11) is 0. The van der Waals surface area contributed by atoms with Crippen LogP contribution in [0.4, 0.5) is 0 Å². The number of benzene rings is 6. The molecule has 0 radical (unpaired) electrons. The zero-order chi connectivity index (χ0) is 31.0. The fourth-order valence-electron chi connectivity index (χ4n) is 8.10. The van der Waals surface area contributed by atoms with Gasteiger partial charge in [0.25, 0.3) is 0 Å². The first-order valence-electron chi connectivity index (χ1n) is 16.4. The van der Waals surface area contributed by atoms with Crippen LogP contribution in [0.2, 0.25) is 0 Å². The van der Waals surface area contributed by atoms with Crippen LogP contribution < -0.4 is 35.2 Å². The normalized spacial score (nSPS) is 15.8. The van der Waals surface area contributed by atoms with Gasteiger partial charge in [0.1, 0.15) is 0 Å². The molecule has 0 saturated carbocycles. The predicted octanol–water partition coefficient (Wildman–Crippen LogP) is 3.80. The van der Waals surface area contributed by atoms with Gasteiger partial charge in [-0.15, -0.1) is 0 Å². The molecular weight excluding hydrogens is 806 g/mol. The Bertz CT molecular complexity index is 1930. The van der Waals surface area contributed by atoms with E-state index in [1.54, 1.807) is 32.6 Å². The molecule has 8 rings (SSSR count). The Labute approximate surface area is 306 Å². The van der Waals surface area contributed by atoms with Crippen molar-refractivity contribution in [3.8, 4) is 22.3 Å². The number of hydrogen-bond donors (Lipinski definition) is 0. The van der Waals surface area contributed by atoms with E-state index in [1.165, 1.54) is 33.4 Å². The Morgan fingerprint density at radius 1 is 0.417 bits per heavy atom. The van der Waals surface area contributed by atoms with Gasteiger partial charge in [-0.1, -0.05) is 0 Å². The quantitative estimate of drug-likeness (QED) is 0.215. The molecular formula is C44H37Cl2HfSi. The summed E-state index contributed by atoms with van der Waals surface area (Å²) in [5.41, 5.74) is 14.6. The van der Waals surface area contributed by atoms with E-state index in [0.717, 1.165) is 0 Å². The van der Waals surface area contributed by atoms with Crippen LogP contribution in [0.3, 0.4) is 0 Å². The molecule has 0 N–H and O–H groups in total. The molecule has 6 aromatic rings. The van der Waals surface area contributed by atoms with Crippen molar-refractivity contribution < 1.29 is 45.4 Å². The van der Waals surface area contributed by atoms with E-state index in [-0.39, 0.29) is 24.8 Å². The third-order valence-electron chi connectivity index (χ3n) is 9.99. The number of hydrogen-bond acceptors (Lipinski definition) is 0. The average Bonchev–Trinajstić information content (AvgIpc) is 3.63. The number of rotatable bonds is 7. The van der Waals surface area contributed by atoms with Crippen LogP contribution in [-0.4, -0.2) is 5.98 Å². The molecule has 0 amide bonds. The average molecular weight is 843 g/mol. The maximum atomic E-state index is 2.56. The molecule has 0 nitrogen and oxygen atoms in total. The molecule has 235 valence electrons. The second-order valence-corrected chi connectivity index (χ2v) is 34.4. The second kappa shape index (κ2) is 14.9. The predicted molar refractivity (Wildman–Crippen MR) is 196 cm³/mol. The van der Waals surface area contributed by atoms with Crippen LogP contribution in [0.5, 0.6) is 0 Å². The maximum absolute atomic E-state index is 2.86. The van der Waals surface area contributed by atoms with Crippen molar-refractivity contribution in [3.63, 3.8) is 0 Å². The van der Waals surface area contributed by atoms with Crippen LogP contribution in [0.1, 0.15) is 43.5 Å². The van der Waals surface area contributed by atoms with Gasteiger partial charge in [-0.2, -0.15) is 0 Å². The molecule has 2 aliphatic rings. The molecule has 0 aliphatic heterocycles. The van der Waals surface area contributed by atoms with Crippen molar-refractivity contribution in [2.75, 3.05) is 0 Å². The van der Waals surface area contributed by atoms with Gasteiger partial charge in [0.2, 0.25) is 0 Å². The van der Waals surface area contributed by atoms with Crippen molar-refractivity contribution >= 4 is 28.5 Å². The van der Waals surface area contributed by atoms with Crippen molar-refractivity contribution in [2.45, 2.75) is 21.2 Å². The Kier molecular flexibility index (Phi) is 10.7. The van der Waals surface area contributed by atoms with Gasteiger partial charge in [0.15, 0.2) is 0 Å². The summed E-state index contributed by atoms with van der Waals surface area (Å²) in [6, 6.07) is 59.6. The number of allylic oxidation sites excluding steroid dienone is 2. The first-order valence-corrected chi connectivity index (χ1v) is 28.5. The molecule has 2 unspecified atom stereocenters. The fraction of sp³-hybridized carbons (Fsp3) is 0.0909. The van der Waals surface area contributed by atoms with E-state index >= 15 is 0 Å². The standard InChI is InChI=1S/2C16H13.C12H11Si.2ClH.Hf/c2*1-12-10-14-8-5-9-15(16(14)11-12)13-6-3-2-4-7-13;1-3-7-11(8-4-1)13-12-9-5-2-6-10-12;;;/h2*2-11H,1H3;1-10,13H;2*1H;/q;;;;;+2/p-2. The summed E-state index contributed by atoms with van der Waals surface area (Å²) >= 11 is -2.86. The summed E-state index contributed by atoms with van der Waals surface area (Å²) in [6.45, 7) is 4.89. The van der Waals surface area contributed by atoms with E-state index in [4.69, 9.17) is 0 Å². The van der Waals surface area contributed by atoms with E-state index in [9.17, 15) is 0 Å². The van der Waals surface area contributed by atoms with Crippen molar-refractivity contribution in [1.82, 2.24) is 0 Å². The Morgan fingerprint density at radius 2 is 0.771 bits per heavy atom. The van der Waals surface area contributed by atoms with Crippen LogP contribution >= 0.6 is 0 Å². The Balaban J connectivity index is 0.00000201. The van der Waals surface area contributed by atoms with Crippen LogP contribution in [0, 0.1) is 0 Å². The smallest absolute Gasteiger partial charge is 1.00 e. The molecule has 2 aliphatic carbocycles. The molecule has 0 saturated heterocycles. The zero-order valence-corrected chi connectivity index (χ0v) is 33.4. The fourth-order valence-corrected chi connectivity index (χ4v) is 48.0. The summed E-state index contributed by atoms with van der Waals surface area (Å²) in [5.74, 6) is -1.61. The zero-order valence-electron chi connectivity index (χ0n) is 27.2. The molecule has 0 spiro atoms. The van der Waals surface area contributed by atoms with E-state index in [1.807, 2.05) is 0 Å². The maximum Gasteiger partial charge on any atom is -1.00 e. The molecule has 0 fully saturated rings. The minimum absolute atomic E-state index is 0. The summed E-state index contributed by atoms with van der Waals surface area (Å²) in [4.78, 5) is 0. The van der Waals surface area contributed by atoms with Gasteiger partial charge in [0, 0.05) is 0 Å². The topological polar surface area (TPSA) is 0 Å². The van der Waals surface area contributed by atoms with Crippen LogP contribution in [-0.2, 0) is 20.6 Å². The van der Waals surface area contributed by atoms with Gasteiger partial charge in [0.05, 0.1) is 0 Å². The molecule has 4 heteroatoms. The van der Waals surface area contributed by atoms with E-state index < -0.39 is 26.6 Å². The first-order chi connectivity index (χ1) is 22.7. The summed E-state index contributed by atoms with van der Waals surface area (Å²) in [6.07, 6.45) is 5.12. The SMILES string of the molecule is CC1=Cc2c(-c3ccccc3)cccc2[CH]1[Hf+2]([CH]1C(C)=Cc2c(-c3ccccc3)cccc21)[SiH](c1ccccc1)c1ccccc1.[Cl-].[Cl-]. The van der Waals surface area contributed by atoms with Crippen LogP contribution in [0.25, 0.3) is 34.4 Å². The first kappa shape index (κ1) is 34.3. The minimum atomic E-state index is -2.86. The third kappa shape index (κ3) is 6.21. The monoisotopic (exact) mass is 843 g/mol. The summed E-state index contributed by atoms with van der Waals surface area (Å²) < 4.78 is 1.06. The van der Waals surface area contributed by atoms with Crippen molar-refractivity contribution in [3.05, 3.63) is 191 Å². The molecule has 2 atom stereocenters. The van der Waals surface area contributed by atoms with Crippen molar-refractivity contribution in [1.29, 1.82) is 0 Å². The van der Waals surface area contributed by atoms with Gasteiger partial charge >= 0.3 is 284 Å². The number of fused-ring (bicyclic) bond motifs is 2. The second-order valence-electron chi connectivity index (χ2n) is 12.7. The third-order valence-corrected chi connectivity index (χ3v) is 42.9. The largest absolute Gasteiger partial charge is 1.00 e. The number of halogens is 2. The van der Waals surface area contributed by atoms with Crippen LogP contribution in [0.15, 0.2) is 169 Å². The molecule has 0 bridgehead atoms. The molecule has 0 aromatic heterocycles. The molecule has 48 heavy (non-hydrogen) atoms. The van der Waals surface area contributed by atoms with Gasteiger partial charge in [-0.05, 0) is 0 Å². The van der Waals surface area contributed by atoms with Gasteiger partial charge in [-0.25, -0.2) is 0 Å².